The van der Waals surface area contributed by atoms with Crippen LogP contribution in [0.2, 0.25) is 0 Å². The van der Waals surface area contributed by atoms with Crippen molar-refractivity contribution in [3.8, 4) is 44.5 Å². The molecule has 0 bridgehead atoms. The van der Waals surface area contributed by atoms with E-state index in [-0.39, 0.29) is 0 Å². The van der Waals surface area contributed by atoms with Crippen LogP contribution in [0.25, 0.3) is 76.8 Å². The SMILES string of the molecule is c1ccc(-c2c3ccccc3c(-c3ccc4c(c3)-c3cc(-c5ccc6ccccc6c5)ccc3C4)c3ccccc23)cc1. The Morgan fingerprint density at radius 3 is 1.42 bits per heavy atom. The van der Waals surface area contributed by atoms with Crippen molar-refractivity contribution in [1.29, 1.82) is 0 Å². The second kappa shape index (κ2) is 9.54. The molecule has 0 aromatic heterocycles. The molecule has 0 amide bonds. The first-order valence-corrected chi connectivity index (χ1v) is 15.1. The number of rotatable bonds is 3. The van der Waals surface area contributed by atoms with Gasteiger partial charge in [-0.05, 0) is 113 Å². The van der Waals surface area contributed by atoms with Crippen LogP contribution in [0.1, 0.15) is 11.1 Å². The molecule has 0 heteroatoms. The third kappa shape index (κ3) is 3.84. The fourth-order valence-electron chi connectivity index (χ4n) is 7.23. The smallest absolute Gasteiger partial charge is 0.00134 e. The molecule has 0 nitrogen and oxygen atoms in total. The minimum atomic E-state index is 0.984. The summed E-state index contributed by atoms with van der Waals surface area (Å²) >= 11 is 0. The lowest BCUT2D eigenvalue weighted by atomic mass is 9.85. The summed E-state index contributed by atoms with van der Waals surface area (Å²) in [7, 11) is 0. The molecule has 0 radical (unpaired) electrons. The average Bonchev–Trinajstić information content (AvgIpc) is 3.44. The van der Waals surface area contributed by atoms with Gasteiger partial charge < -0.3 is 0 Å². The van der Waals surface area contributed by atoms with Crippen LogP contribution < -0.4 is 0 Å². The van der Waals surface area contributed by atoms with Gasteiger partial charge in [-0.15, -0.1) is 0 Å². The van der Waals surface area contributed by atoms with Gasteiger partial charge in [-0.1, -0.05) is 140 Å². The van der Waals surface area contributed by atoms with Crippen molar-refractivity contribution in [3.05, 3.63) is 169 Å². The van der Waals surface area contributed by atoms with Gasteiger partial charge in [0.25, 0.3) is 0 Å². The van der Waals surface area contributed by atoms with Crippen LogP contribution in [0.4, 0.5) is 0 Å². The molecule has 0 heterocycles. The zero-order chi connectivity index (χ0) is 28.3. The molecule has 0 saturated heterocycles. The first-order valence-electron chi connectivity index (χ1n) is 15.1. The van der Waals surface area contributed by atoms with E-state index in [0.29, 0.717) is 0 Å². The lowest BCUT2D eigenvalue weighted by molar-refractivity contribution is 1.26. The highest BCUT2D eigenvalue weighted by Crippen LogP contribution is 2.46. The molecule has 0 fully saturated rings. The summed E-state index contributed by atoms with van der Waals surface area (Å²) in [5.74, 6) is 0. The molecule has 200 valence electrons. The quantitative estimate of drug-likeness (QED) is 0.194. The van der Waals surface area contributed by atoms with E-state index in [4.69, 9.17) is 0 Å². The van der Waals surface area contributed by atoms with Crippen LogP contribution in [-0.4, -0.2) is 0 Å². The van der Waals surface area contributed by atoms with Crippen molar-refractivity contribution in [2.75, 3.05) is 0 Å². The average molecular weight is 545 g/mol. The Labute approximate surface area is 251 Å². The van der Waals surface area contributed by atoms with Gasteiger partial charge in [-0.25, -0.2) is 0 Å². The summed E-state index contributed by atoms with van der Waals surface area (Å²) in [5, 5.41) is 7.73. The standard InChI is InChI=1S/C43H28/c1-2-11-29(12-3-1)42-36-14-6-8-16-38(36)43(39-17-9-7-15-37(39)42)35-23-22-34-25-33-21-20-32(26-40(33)41(34)27-35)31-19-18-28-10-4-5-13-30(28)24-31/h1-24,26-27H,25H2. The van der Waals surface area contributed by atoms with E-state index >= 15 is 0 Å². The van der Waals surface area contributed by atoms with Gasteiger partial charge in [0.2, 0.25) is 0 Å². The van der Waals surface area contributed by atoms with E-state index in [1.165, 1.54) is 88.0 Å². The minimum Gasteiger partial charge on any atom is -0.0622 e. The van der Waals surface area contributed by atoms with Crippen LogP contribution >= 0.6 is 0 Å². The van der Waals surface area contributed by atoms with Crippen LogP contribution in [0.15, 0.2) is 158 Å². The van der Waals surface area contributed by atoms with Crippen molar-refractivity contribution < 1.29 is 0 Å². The molecule has 0 saturated carbocycles. The minimum absolute atomic E-state index is 0.984. The van der Waals surface area contributed by atoms with Gasteiger partial charge in [0.15, 0.2) is 0 Å². The topological polar surface area (TPSA) is 0 Å². The number of hydrogen-bond acceptors (Lipinski definition) is 0. The van der Waals surface area contributed by atoms with Crippen molar-refractivity contribution in [1.82, 2.24) is 0 Å². The first-order chi connectivity index (χ1) is 21.3. The van der Waals surface area contributed by atoms with Gasteiger partial charge in [-0.2, -0.15) is 0 Å². The Morgan fingerprint density at radius 2 is 0.767 bits per heavy atom. The van der Waals surface area contributed by atoms with Crippen LogP contribution in [0.3, 0.4) is 0 Å². The molecule has 8 aromatic carbocycles. The van der Waals surface area contributed by atoms with Gasteiger partial charge >= 0.3 is 0 Å². The van der Waals surface area contributed by atoms with Gasteiger partial charge in [0.1, 0.15) is 0 Å². The monoisotopic (exact) mass is 544 g/mol. The van der Waals surface area contributed by atoms with Crippen molar-refractivity contribution in [2.24, 2.45) is 0 Å². The highest BCUT2D eigenvalue weighted by Gasteiger charge is 2.22. The molecule has 0 N–H and O–H groups in total. The molecule has 8 aromatic rings. The summed E-state index contributed by atoms with van der Waals surface area (Å²) < 4.78 is 0. The van der Waals surface area contributed by atoms with Crippen molar-refractivity contribution in [2.45, 2.75) is 6.42 Å². The molecular formula is C43H28. The Kier molecular flexibility index (Phi) is 5.36. The third-order valence-electron chi connectivity index (χ3n) is 9.26. The fraction of sp³-hybridized carbons (Fsp3) is 0.0233. The lowest BCUT2D eigenvalue weighted by Gasteiger charge is -2.18. The predicted octanol–water partition coefficient (Wildman–Crippen LogP) is 11.7. The molecule has 43 heavy (non-hydrogen) atoms. The van der Waals surface area contributed by atoms with E-state index in [2.05, 4.69) is 158 Å². The van der Waals surface area contributed by atoms with Gasteiger partial charge in [-0.3, -0.25) is 0 Å². The molecule has 9 rings (SSSR count). The molecular weight excluding hydrogens is 516 g/mol. The van der Waals surface area contributed by atoms with Gasteiger partial charge in [0.05, 0.1) is 0 Å². The highest BCUT2D eigenvalue weighted by atomic mass is 14.3. The van der Waals surface area contributed by atoms with Gasteiger partial charge in [0, 0.05) is 0 Å². The second-order valence-electron chi connectivity index (χ2n) is 11.7. The zero-order valence-electron chi connectivity index (χ0n) is 23.7. The van der Waals surface area contributed by atoms with Crippen LogP contribution in [-0.2, 0) is 6.42 Å². The number of benzene rings is 8. The van der Waals surface area contributed by atoms with Crippen molar-refractivity contribution >= 4 is 32.3 Å². The summed E-state index contributed by atoms with van der Waals surface area (Å²) in [4.78, 5) is 0. The maximum Gasteiger partial charge on any atom is -0.00134 e. The van der Waals surface area contributed by atoms with E-state index in [1.807, 2.05) is 0 Å². The molecule has 0 atom stereocenters. The Morgan fingerprint density at radius 1 is 0.302 bits per heavy atom. The molecule has 0 aliphatic heterocycles. The summed E-state index contributed by atoms with van der Waals surface area (Å²) in [6.07, 6.45) is 0.984. The second-order valence-corrected chi connectivity index (χ2v) is 11.7. The summed E-state index contributed by atoms with van der Waals surface area (Å²) in [6, 6.07) is 58.2. The summed E-state index contributed by atoms with van der Waals surface area (Å²) in [5.41, 5.74) is 13.2. The number of hydrogen-bond donors (Lipinski definition) is 0. The summed E-state index contributed by atoms with van der Waals surface area (Å²) in [6.45, 7) is 0. The Hall–Kier alpha value is -5.46. The molecule has 1 aliphatic carbocycles. The maximum atomic E-state index is 2.45. The normalized spacial score (nSPS) is 12.1. The highest BCUT2D eigenvalue weighted by molar-refractivity contribution is 6.21. The van der Waals surface area contributed by atoms with Crippen LogP contribution in [0, 0.1) is 0 Å². The van der Waals surface area contributed by atoms with E-state index in [1.54, 1.807) is 0 Å². The maximum absolute atomic E-state index is 2.45. The molecule has 0 unspecified atom stereocenters. The number of fused-ring (bicyclic) bond motifs is 6. The predicted molar refractivity (Wildman–Crippen MR) is 184 cm³/mol. The fourth-order valence-corrected chi connectivity index (χ4v) is 7.23. The third-order valence-corrected chi connectivity index (χ3v) is 9.26. The van der Waals surface area contributed by atoms with E-state index < -0.39 is 0 Å². The molecule has 0 spiro atoms. The largest absolute Gasteiger partial charge is 0.0622 e. The van der Waals surface area contributed by atoms with E-state index in [9.17, 15) is 0 Å². The van der Waals surface area contributed by atoms with Crippen molar-refractivity contribution in [3.63, 3.8) is 0 Å². The first kappa shape index (κ1) is 24.2. The van der Waals surface area contributed by atoms with Crippen LogP contribution in [0.5, 0.6) is 0 Å². The Balaban J connectivity index is 1.25. The zero-order valence-corrected chi connectivity index (χ0v) is 23.7. The van der Waals surface area contributed by atoms with E-state index in [0.717, 1.165) is 6.42 Å². The lowest BCUT2D eigenvalue weighted by Crippen LogP contribution is -1.91. The molecule has 1 aliphatic rings. The Bertz CT molecular complexity index is 2300.